The zero-order valence-corrected chi connectivity index (χ0v) is 22.7. The van der Waals surface area contributed by atoms with Gasteiger partial charge in [-0.3, -0.25) is 0 Å². The number of hydrogen-bond donors (Lipinski definition) is 0. The Morgan fingerprint density at radius 2 is 1.26 bits per heavy atom. The Labute approximate surface area is 226 Å². The van der Waals surface area contributed by atoms with Gasteiger partial charge in [-0.05, 0) is 117 Å². The van der Waals surface area contributed by atoms with E-state index in [4.69, 9.17) is 9.47 Å². The lowest BCUT2D eigenvalue weighted by Crippen LogP contribution is -2.48. The molecule has 4 fully saturated rings. The van der Waals surface area contributed by atoms with Crippen molar-refractivity contribution in [2.45, 2.75) is 38.5 Å². The molecule has 0 aliphatic heterocycles. The maximum Gasteiger partial charge on any atom is 0.339 e. The molecule has 0 heterocycles. The molecule has 0 N–H and O–H groups in total. The molecule has 0 aromatic heterocycles. The smallest absolute Gasteiger partial charge is 0.339 e. The van der Waals surface area contributed by atoms with Crippen LogP contribution < -0.4 is 14.5 Å². The Bertz CT molecular complexity index is 1250. The summed E-state index contributed by atoms with van der Waals surface area (Å²) in [6.07, 6.45) is 8.53. The van der Waals surface area contributed by atoms with Crippen molar-refractivity contribution in [1.29, 1.82) is 0 Å². The lowest BCUT2D eigenvalue weighted by atomic mass is 9.50. The van der Waals surface area contributed by atoms with Crippen LogP contribution in [0.4, 0.5) is 22.7 Å². The predicted molar refractivity (Wildman–Crippen MR) is 153 cm³/mol. The molecule has 3 aromatic carbocycles. The number of methoxy groups -OCH3 is 1. The summed E-state index contributed by atoms with van der Waals surface area (Å²) in [4.78, 5) is 16.4. The number of rotatable bonds is 8. The molecule has 4 bridgehead atoms. The van der Waals surface area contributed by atoms with Gasteiger partial charge in [-0.2, -0.15) is 0 Å². The van der Waals surface area contributed by atoms with Crippen LogP contribution in [0.5, 0.6) is 5.75 Å². The Morgan fingerprint density at radius 1 is 0.763 bits per heavy atom. The first-order valence-corrected chi connectivity index (χ1v) is 13.9. The van der Waals surface area contributed by atoms with Crippen molar-refractivity contribution >= 4 is 28.7 Å². The molecule has 0 atom stereocenters. The number of carbonyl (C=O) groups is 1. The van der Waals surface area contributed by atoms with E-state index in [2.05, 4.69) is 60.5 Å². The van der Waals surface area contributed by atoms with E-state index in [-0.39, 0.29) is 5.97 Å². The molecular formula is C33H38N2O3. The first-order valence-electron chi connectivity index (χ1n) is 13.9. The van der Waals surface area contributed by atoms with Crippen molar-refractivity contribution in [3.05, 3.63) is 78.4 Å². The molecule has 0 saturated heterocycles. The highest BCUT2D eigenvalue weighted by molar-refractivity contribution is 5.96. The Hall–Kier alpha value is -3.47. The van der Waals surface area contributed by atoms with Crippen molar-refractivity contribution in [3.63, 3.8) is 0 Å². The van der Waals surface area contributed by atoms with Crippen LogP contribution in [0.25, 0.3) is 0 Å². The van der Waals surface area contributed by atoms with Gasteiger partial charge in [0, 0.05) is 36.6 Å². The second-order valence-electron chi connectivity index (χ2n) is 11.8. The van der Waals surface area contributed by atoms with Crippen LogP contribution in [-0.2, 0) is 4.74 Å². The molecule has 0 unspecified atom stereocenters. The van der Waals surface area contributed by atoms with Crippen LogP contribution in [0.1, 0.15) is 48.9 Å². The van der Waals surface area contributed by atoms with E-state index in [1.165, 1.54) is 45.6 Å². The fraction of sp³-hybridized carbons (Fsp3) is 0.424. The molecule has 4 saturated carbocycles. The van der Waals surface area contributed by atoms with Crippen molar-refractivity contribution in [2.24, 2.45) is 23.2 Å². The summed E-state index contributed by atoms with van der Waals surface area (Å²) in [5.74, 6) is 3.49. The summed E-state index contributed by atoms with van der Waals surface area (Å²) in [5.41, 5.74) is 4.98. The van der Waals surface area contributed by atoms with E-state index in [1.807, 2.05) is 30.1 Å². The minimum absolute atomic E-state index is 0.339. The summed E-state index contributed by atoms with van der Waals surface area (Å²) in [5, 5.41) is 0. The van der Waals surface area contributed by atoms with E-state index in [0.29, 0.717) is 11.0 Å². The number of nitrogens with zero attached hydrogens (tertiary/aromatic N) is 2. The van der Waals surface area contributed by atoms with Gasteiger partial charge in [-0.1, -0.05) is 12.1 Å². The van der Waals surface area contributed by atoms with Crippen LogP contribution in [0, 0.1) is 23.2 Å². The van der Waals surface area contributed by atoms with Crippen LogP contribution >= 0.6 is 0 Å². The zero-order valence-electron chi connectivity index (χ0n) is 22.7. The van der Waals surface area contributed by atoms with Crippen LogP contribution in [0.15, 0.2) is 72.8 Å². The van der Waals surface area contributed by atoms with Gasteiger partial charge < -0.3 is 19.3 Å². The minimum Gasteiger partial charge on any atom is -0.493 e. The van der Waals surface area contributed by atoms with Gasteiger partial charge in [0.2, 0.25) is 0 Å². The molecule has 7 rings (SSSR count). The number of carbonyl (C=O) groups excluding carboxylic acids is 1. The van der Waals surface area contributed by atoms with E-state index in [0.717, 1.165) is 52.9 Å². The third-order valence-corrected chi connectivity index (χ3v) is 9.23. The van der Waals surface area contributed by atoms with Gasteiger partial charge in [0.15, 0.2) is 0 Å². The Kier molecular flexibility index (Phi) is 6.55. The highest BCUT2D eigenvalue weighted by Crippen LogP contribution is 2.60. The quantitative estimate of drug-likeness (QED) is 0.292. The standard InChI is InChI=1S/C33H38N2O3/c1-34(26-8-10-28(11-9-26)35(2)31-7-5-4-6-30(31)32(36)37-3)27-12-14-29(15-13-27)38-22-33-19-23-16-24(20-33)18-25(17-23)21-33/h4-15,23-25H,16-22H2,1-3H3. The van der Waals surface area contributed by atoms with Gasteiger partial charge in [-0.25, -0.2) is 4.79 Å². The Balaban J connectivity index is 1.10. The number of para-hydroxylation sites is 1. The molecule has 4 aliphatic carbocycles. The molecule has 38 heavy (non-hydrogen) atoms. The first-order chi connectivity index (χ1) is 18.4. The topological polar surface area (TPSA) is 42.0 Å². The minimum atomic E-state index is -0.339. The number of benzene rings is 3. The number of hydrogen-bond acceptors (Lipinski definition) is 5. The molecule has 0 spiro atoms. The van der Waals surface area contributed by atoms with Gasteiger partial charge in [0.05, 0.1) is 25.0 Å². The second-order valence-corrected chi connectivity index (χ2v) is 11.8. The van der Waals surface area contributed by atoms with Crippen LogP contribution in [0.3, 0.4) is 0 Å². The average molecular weight is 511 g/mol. The SMILES string of the molecule is COC(=O)c1ccccc1N(C)c1ccc(N(C)c2ccc(OCC34CC5CC(CC(C5)C3)C4)cc2)cc1. The zero-order chi connectivity index (χ0) is 26.3. The molecule has 0 amide bonds. The van der Waals surface area contributed by atoms with Crippen molar-refractivity contribution in [2.75, 3.05) is 37.6 Å². The molecular weight excluding hydrogens is 472 g/mol. The molecule has 3 aromatic rings. The third kappa shape index (κ3) is 4.75. The molecule has 0 radical (unpaired) electrons. The van der Waals surface area contributed by atoms with Crippen molar-refractivity contribution < 1.29 is 14.3 Å². The summed E-state index contributed by atoms with van der Waals surface area (Å²) >= 11 is 0. The first kappa shape index (κ1) is 24.8. The molecule has 5 heteroatoms. The lowest BCUT2D eigenvalue weighted by molar-refractivity contribution is -0.0745. The number of esters is 1. The summed E-state index contributed by atoms with van der Waals surface area (Å²) in [6.45, 7) is 0.875. The Morgan fingerprint density at radius 3 is 1.82 bits per heavy atom. The van der Waals surface area contributed by atoms with Crippen molar-refractivity contribution in [3.8, 4) is 5.75 Å². The fourth-order valence-electron chi connectivity index (χ4n) is 7.71. The van der Waals surface area contributed by atoms with Gasteiger partial charge >= 0.3 is 5.97 Å². The van der Waals surface area contributed by atoms with Crippen molar-refractivity contribution in [1.82, 2.24) is 0 Å². The monoisotopic (exact) mass is 510 g/mol. The highest BCUT2D eigenvalue weighted by atomic mass is 16.5. The van der Waals surface area contributed by atoms with E-state index < -0.39 is 0 Å². The maximum absolute atomic E-state index is 12.2. The lowest BCUT2D eigenvalue weighted by Gasteiger charge is -2.56. The molecule has 5 nitrogen and oxygen atoms in total. The van der Waals surface area contributed by atoms with Gasteiger partial charge in [-0.15, -0.1) is 0 Å². The van der Waals surface area contributed by atoms with E-state index in [1.54, 1.807) is 6.07 Å². The third-order valence-electron chi connectivity index (χ3n) is 9.23. The van der Waals surface area contributed by atoms with Gasteiger partial charge in [0.1, 0.15) is 5.75 Å². The largest absolute Gasteiger partial charge is 0.493 e. The average Bonchev–Trinajstić information content (AvgIpc) is 2.94. The summed E-state index contributed by atoms with van der Waals surface area (Å²) in [7, 11) is 5.45. The number of anilines is 4. The van der Waals surface area contributed by atoms with E-state index in [9.17, 15) is 4.79 Å². The maximum atomic E-state index is 12.2. The van der Waals surface area contributed by atoms with Crippen LogP contribution in [-0.4, -0.2) is 33.8 Å². The molecule has 198 valence electrons. The predicted octanol–water partition coefficient (Wildman–Crippen LogP) is 7.60. The normalized spacial score (nSPS) is 25.2. The number of ether oxygens (including phenoxy) is 2. The second kappa shape index (κ2) is 10.0. The molecule has 4 aliphatic rings. The highest BCUT2D eigenvalue weighted by Gasteiger charge is 2.51. The van der Waals surface area contributed by atoms with E-state index >= 15 is 0 Å². The summed E-state index contributed by atoms with van der Waals surface area (Å²) in [6, 6.07) is 24.3. The summed E-state index contributed by atoms with van der Waals surface area (Å²) < 4.78 is 11.4. The van der Waals surface area contributed by atoms with Gasteiger partial charge in [0.25, 0.3) is 0 Å². The van der Waals surface area contributed by atoms with Crippen LogP contribution in [0.2, 0.25) is 0 Å². The fourth-order valence-corrected chi connectivity index (χ4v) is 7.71.